The highest BCUT2D eigenvalue weighted by atomic mass is 31.2. The maximum absolute atomic E-state index is 12.7. The number of carbonyl (C=O) groups is 2. The minimum atomic E-state index is -5.00. The van der Waals surface area contributed by atoms with Crippen LogP contribution in [0.5, 0.6) is 11.5 Å². The normalized spacial score (nSPS) is 13.2. The Labute approximate surface area is 277 Å². The van der Waals surface area contributed by atoms with E-state index >= 15 is 0 Å². The first-order valence-corrected chi connectivity index (χ1v) is 18.7. The molecule has 0 spiro atoms. The third-order valence-electron chi connectivity index (χ3n) is 7.92. The number of rotatable bonds is 15. The van der Waals surface area contributed by atoms with Gasteiger partial charge in [0.1, 0.15) is 18.4 Å². The van der Waals surface area contributed by atoms with Crippen molar-refractivity contribution in [1.82, 2.24) is 19.1 Å². The van der Waals surface area contributed by atoms with Crippen molar-refractivity contribution in [3.63, 3.8) is 0 Å². The predicted octanol–water partition coefficient (Wildman–Crippen LogP) is 6.12. The summed E-state index contributed by atoms with van der Waals surface area (Å²) >= 11 is 0. The van der Waals surface area contributed by atoms with Crippen LogP contribution < -0.4 is 14.8 Å². The zero-order valence-electron chi connectivity index (χ0n) is 26.4. The molecule has 4 aromatic rings. The van der Waals surface area contributed by atoms with Crippen molar-refractivity contribution in [3.05, 3.63) is 91.0 Å². The average Bonchev–Trinajstić information content (AvgIpc) is 3.77. The highest BCUT2D eigenvalue weighted by Crippen LogP contribution is 2.61. The van der Waals surface area contributed by atoms with Crippen LogP contribution in [0, 0.1) is 0 Å². The molecule has 2 atom stereocenters. The number of ether oxygens (including phenoxy) is 2. The number of imidazole rings is 2. The summed E-state index contributed by atoms with van der Waals surface area (Å²) in [5.74, 6) is 0.759. The summed E-state index contributed by atoms with van der Waals surface area (Å²) in [5, 5.41) is 1.16. The van der Waals surface area contributed by atoms with Gasteiger partial charge in [-0.2, -0.15) is 0 Å². The number of anilines is 1. The molecule has 2 aromatic heterocycles. The number of hydrogen-bond donors (Lipinski definition) is 5. The lowest BCUT2D eigenvalue weighted by atomic mass is 9.78. The van der Waals surface area contributed by atoms with Crippen LogP contribution in [0.2, 0.25) is 0 Å². The first-order valence-electron chi connectivity index (χ1n) is 15.3. The molecule has 2 unspecified atom stereocenters. The molecule has 0 radical (unpaired) electrons. The van der Waals surface area contributed by atoms with E-state index in [0.717, 1.165) is 24.0 Å². The maximum atomic E-state index is 12.7. The Morgan fingerprint density at radius 2 is 1.33 bits per heavy atom. The number of unbranched alkanes of at least 4 members (excludes halogenated alkanes) is 1. The second-order valence-electron chi connectivity index (χ2n) is 11.1. The first kappa shape index (κ1) is 36.7. The van der Waals surface area contributed by atoms with Crippen LogP contribution in [0.4, 0.5) is 15.3 Å². The summed E-state index contributed by atoms with van der Waals surface area (Å²) < 4.78 is 36.8. The fourth-order valence-electron chi connectivity index (χ4n) is 5.54. The van der Waals surface area contributed by atoms with Gasteiger partial charge >= 0.3 is 27.4 Å². The van der Waals surface area contributed by atoms with Crippen molar-refractivity contribution in [2.75, 3.05) is 11.9 Å². The molecular formula is C31H39N5O10P2. The van der Waals surface area contributed by atoms with Crippen LogP contribution >= 0.6 is 15.2 Å². The van der Waals surface area contributed by atoms with E-state index < -0.39 is 32.8 Å². The third kappa shape index (κ3) is 9.72. The van der Waals surface area contributed by atoms with Crippen molar-refractivity contribution in [1.29, 1.82) is 0 Å². The summed E-state index contributed by atoms with van der Waals surface area (Å²) in [6.45, 7) is 4.43. The Bertz CT molecular complexity index is 1720. The van der Waals surface area contributed by atoms with Gasteiger partial charge in [0.15, 0.2) is 11.1 Å². The Morgan fingerprint density at radius 1 is 0.792 bits per heavy atom. The molecule has 0 aliphatic carbocycles. The molecule has 17 heteroatoms. The van der Waals surface area contributed by atoms with E-state index in [1.54, 1.807) is 18.2 Å². The summed E-state index contributed by atoms with van der Waals surface area (Å²) in [4.78, 5) is 70.4. The molecule has 0 saturated carbocycles. The number of nitrogens with one attached hydrogen (secondary N) is 1. The standard InChI is InChI=1S/C31H39N5O10P2/c1-3-25(22-8-11-24(12-9-22)45-30(37)35-17-15-32-20-35)26(4-2)23-10-13-28(46-31(38)36-18-16-33-21-36)27(19-23)34-14-6-5-7-29(47(39,40)41)48(42,43)44/h8-13,15-21,25-26,29,34H,3-7,14H2,1-2H3,(H2,39,40,41)(H2,42,43,44). The first-order chi connectivity index (χ1) is 22.8. The van der Waals surface area contributed by atoms with E-state index in [-0.39, 0.29) is 37.0 Å². The molecule has 0 aliphatic rings. The number of hydrogen-bond acceptors (Lipinski definition) is 9. The van der Waals surface area contributed by atoms with Crippen molar-refractivity contribution < 1.29 is 47.8 Å². The van der Waals surface area contributed by atoms with Gasteiger partial charge in [-0.15, -0.1) is 0 Å². The second-order valence-corrected chi connectivity index (χ2v) is 15.1. The molecule has 0 bridgehead atoms. The number of nitrogens with zero attached hydrogens (tertiary/aromatic N) is 4. The molecule has 0 aliphatic heterocycles. The highest BCUT2D eigenvalue weighted by molar-refractivity contribution is 7.70. The molecule has 15 nitrogen and oxygen atoms in total. The predicted molar refractivity (Wildman–Crippen MR) is 176 cm³/mol. The van der Waals surface area contributed by atoms with Gasteiger partial charge in [0.05, 0.1) is 5.69 Å². The average molecular weight is 704 g/mol. The van der Waals surface area contributed by atoms with E-state index in [2.05, 4.69) is 29.1 Å². The van der Waals surface area contributed by atoms with Crippen molar-refractivity contribution in [2.45, 2.75) is 63.2 Å². The molecule has 0 saturated heterocycles. The van der Waals surface area contributed by atoms with E-state index in [1.165, 1.54) is 46.6 Å². The molecule has 5 N–H and O–H groups in total. The van der Waals surface area contributed by atoms with Gasteiger partial charge in [0, 0.05) is 31.3 Å². The third-order valence-corrected chi connectivity index (χ3v) is 11.8. The lowest BCUT2D eigenvalue weighted by molar-refractivity contribution is 0.201. The maximum Gasteiger partial charge on any atom is 0.424 e. The lowest BCUT2D eigenvalue weighted by Crippen LogP contribution is -2.17. The second kappa shape index (κ2) is 16.3. The monoisotopic (exact) mass is 703 g/mol. The fourth-order valence-corrected chi connectivity index (χ4v) is 8.14. The van der Waals surface area contributed by atoms with Crippen LogP contribution in [-0.4, -0.2) is 62.8 Å². The zero-order valence-corrected chi connectivity index (χ0v) is 28.2. The van der Waals surface area contributed by atoms with E-state index in [9.17, 15) is 38.3 Å². The Balaban J connectivity index is 1.52. The van der Waals surface area contributed by atoms with Crippen LogP contribution in [0.3, 0.4) is 0 Å². The Morgan fingerprint density at radius 3 is 1.85 bits per heavy atom. The summed E-state index contributed by atoms with van der Waals surface area (Å²) in [6, 6.07) is 12.8. The quantitative estimate of drug-likeness (QED) is 0.0697. The largest absolute Gasteiger partial charge is 0.424 e. The number of carbonyl (C=O) groups excluding carboxylic acids is 2. The Kier molecular flexibility index (Phi) is 12.5. The molecule has 2 aromatic carbocycles. The van der Waals surface area contributed by atoms with Gasteiger partial charge < -0.3 is 34.4 Å². The molecule has 0 amide bonds. The highest BCUT2D eigenvalue weighted by Gasteiger charge is 2.42. The summed E-state index contributed by atoms with van der Waals surface area (Å²) in [7, 11) is -10.0. The molecule has 48 heavy (non-hydrogen) atoms. The summed E-state index contributed by atoms with van der Waals surface area (Å²) in [5.41, 5.74) is 2.51. The van der Waals surface area contributed by atoms with E-state index in [0.29, 0.717) is 17.9 Å². The van der Waals surface area contributed by atoms with Gasteiger partial charge in [-0.1, -0.05) is 38.5 Å². The smallest absolute Gasteiger partial charge is 0.410 e. The minimum Gasteiger partial charge on any atom is -0.410 e. The molecule has 4 rings (SSSR count). The van der Waals surface area contributed by atoms with Gasteiger partial charge in [-0.05, 0) is 72.9 Å². The number of benzene rings is 2. The van der Waals surface area contributed by atoms with Crippen LogP contribution in [0.1, 0.15) is 68.9 Å². The molecular weight excluding hydrogens is 664 g/mol. The molecule has 258 valence electrons. The fraction of sp³-hybridized carbons (Fsp3) is 0.355. The SMILES string of the molecule is CCC(c1ccc(OC(=O)n2ccnc2)cc1)C(CC)c1ccc(OC(=O)n2ccnc2)c(NCCCCC(P(=O)(O)O)P(=O)(O)O)c1. The van der Waals surface area contributed by atoms with Gasteiger partial charge in [0.25, 0.3) is 0 Å². The summed E-state index contributed by atoms with van der Waals surface area (Å²) in [6.07, 6.45) is 8.95. The van der Waals surface area contributed by atoms with Crippen LogP contribution in [0.15, 0.2) is 79.9 Å². The lowest BCUT2D eigenvalue weighted by Gasteiger charge is -2.27. The van der Waals surface area contributed by atoms with Crippen molar-refractivity contribution in [2.24, 2.45) is 0 Å². The van der Waals surface area contributed by atoms with Crippen molar-refractivity contribution >= 4 is 33.1 Å². The van der Waals surface area contributed by atoms with Gasteiger partial charge in [0.2, 0.25) is 0 Å². The van der Waals surface area contributed by atoms with E-state index in [4.69, 9.17) is 9.47 Å². The zero-order chi connectivity index (χ0) is 34.9. The van der Waals surface area contributed by atoms with Crippen molar-refractivity contribution in [3.8, 4) is 11.5 Å². The van der Waals surface area contributed by atoms with Gasteiger partial charge in [-0.3, -0.25) is 9.13 Å². The minimum absolute atomic E-state index is 0.0422. The molecule has 0 fully saturated rings. The topological polar surface area (TPSA) is 215 Å². The Hall–Kier alpha value is -4.10. The van der Waals surface area contributed by atoms with Crippen LogP contribution in [0.25, 0.3) is 0 Å². The van der Waals surface area contributed by atoms with Gasteiger partial charge in [-0.25, -0.2) is 28.7 Å². The number of aromatic nitrogens is 4. The van der Waals surface area contributed by atoms with Crippen LogP contribution in [-0.2, 0) is 9.13 Å². The van der Waals surface area contributed by atoms with E-state index in [1.807, 2.05) is 24.3 Å². The molecule has 2 heterocycles.